The van der Waals surface area contributed by atoms with Crippen LogP contribution in [0.2, 0.25) is 0 Å². The van der Waals surface area contributed by atoms with Crippen LogP contribution in [0.15, 0.2) is 49.1 Å². The molecule has 10 heteroatoms. The number of hydrogen-bond donors (Lipinski definition) is 0. The van der Waals surface area contributed by atoms with E-state index in [0.717, 1.165) is 29.1 Å². The second-order valence-corrected chi connectivity index (χ2v) is 9.72. The van der Waals surface area contributed by atoms with Crippen LogP contribution in [0.4, 0.5) is 13.2 Å². The highest BCUT2D eigenvalue weighted by Crippen LogP contribution is 2.40. The van der Waals surface area contributed by atoms with Crippen molar-refractivity contribution in [3.05, 3.63) is 88.5 Å². The molecule has 7 nitrogen and oxygen atoms in total. The average Bonchev–Trinajstić information content (AvgIpc) is 3.57. The number of nitrogens with zero attached hydrogens (tertiary/aromatic N) is 6. The number of amides is 1. The minimum Gasteiger partial charge on any atom is -0.332 e. The lowest BCUT2D eigenvalue weighted by Crippen LogP contribution is -2.37. The van der Waals surface area contributed by atoms with E-state index in [4.69, 9.17) is 0 Å². The standard InChI is InChI=1S/C29H31F3N6O/c1-4-19-7-9-33-21(13-19)17-37-11-8-22-23(25-18-38(6-3)35-27(25)29(30,31)32)14-20(15-24(22)28(37)39)16-36-12-10-34-26(36)5-2/h7,9-10,12-15,18H,4-6,8,11,16-17H2,1-3H3. The molecular weight excluding hydrogens is 505 g/mol. The van der Waals surface area contributed by atoms with E-state index in [1.54, 1.807) is 30.3 Å². The zero-order chi connectivity index (χ0) is 27.7. The molecule has 0 fully saturated rings. The van der Waals surface area contributed by atoms with Gasteiger partial charge in [0.05, 0.1) is 12.2 Å². The van der Waals surface area contributed by atoms with Crippen molar-refractivity contribution >= 4 is 5.91 Å². The van der Waals surface area contributed by atoms with E-state index in [9.17, 15) is 18.0 Å². The topological polar surface area (TPSA) is 68.8 Å². The van der Waals surface area contributed by atoms with Crippen molar-refractivity contribution < 1.29 is 18.0 Å². The Labute approximate surface area is 225 Å². The summed E-state index contributed by atoms with van der Waals surface area (Å²) in [7, 11) is 0. The van der Waals surface area contributed by atoms with Crippen LogP contribution in [0, 0.1) is 0 Å². The molecule has 4 aromatic rings. The van der Waals surface area contributed by atoms with Crippen molar-refractivity contribution in [1.29, 1.82) is 0 Å². The maximum atomic E-state index is 14.1. The minimum absolute atomic E-state index is 0.00218. The number of pyridine rings is 1. The monoisotopic (exact) mass is 536 g/mol. The van der Waals surface area contributed by atoms with Gasteiger partial charge in [-0.25, -0.2) is 4.98 Å². The zero-order valence-corrected chi connectivity index (χ0v) is 22.3. The number of alkyl halides is 3. The summed E-state index contributed by atoms with van der Waals surface area (Å²) in [5.41, 5.74) is 3.18. The van der Waals surface area contributed by atoms with Crippen LogP contribution in [0.5, 0.6) is 0 Å². The SMILES string of the molecule is CCc1ccnc(CN2CCc3c(cc(Cn4ccnc4CC)cc3-c3cn(CC)nc3C(F)(F)F)C2=O)c1. The molecular formula is C29H31F3N6O. The molecule has 1 aliphatic heterocycles. The number of aryl methyl sites for hydroxylation is 3. The molecule has 0 unspecified atom stereocenters. The highest BCUT2D eigenvalue weighted by atomic mass is 19.4. The predicted octanol–water partition coefficient (Wildman–Crippen LogP) is 5.55. The first-order valence-electron chi connectivity index (χ1n) is 13.3. The predicted molar refractivity (Wildman–Crippen MR) is 141 cm³/mol. The fourth-order valence-electron chi connectivity index (χ4n) is 5.21. The molecule has 0 saturated carbocycles. The van der Waals surface area contributed by atoms with Crippen LogP contribution < -0.4 is 0 Å². The van der Waals surface area contributed by atoms with Gasteiger partial charge in [-0.3, -0.25) is 14.5 Å². The smallest absolute Gasteiger partial charge is 0.332 e. The lowest BCUT2D eigenvalue weighted by atomic mass is 9.88. The highest BCUT2D eigenvalue weighted by Gasteiger charge is 2.39. The van der Waals surface area contributed by atoms with E-state index in [1.165, 1.54) is 10.9 Å². The lowest BCUT2D eigenvalue weighted by molar-refractivity contribution is -0.141. The largest absolute Gasteiger partial charge is 0.435 e. The van der Waals surface area contributed by atoms with Crippen molar-refractivity contribution in [3.8, 4) is 11.1 Å². The van der Waals surface area contributed by atoms with Crippen LogP contribution in [-0.4, -0.2) is 41.7 Å². The summed E-state index contributed by atoms with van der Waals surface area (Å²) in [4.78, 5) is 24.3. The molecule has 0 atom stereocenters. The van der Waals surface area contributed by atoms with Crippen molar-refractivity contribution in [2.45, 2.75) is 65.8 Å². The Kier molecular flexibility index (Phi) is 7.29. The number of rotatable bonds is 8. The Morgan fingerprint density at radius 2 is 1.72 bits per heavy atom. The molecule has 1 amide bonds. The first-order chi connectivity index (χ1) is 18.7. The van der Waals surface area contributed by atoms with Gasteiger partial charge in [0.25, 0.3) is 5.91 Å². The molecule has 4 heterocycles. The van der Waals surface area contributed by atoms with Crippen LogP contribution >= 0.6 is 0 Å². The fraction of sp³-hybridized carbons (Fsp3) is 0.379. The maximum absolute atomic E-state index is 14.1. The summed E-state index contributed by atoms with van der Waals surface area (Å²) in [5, 5.41) is 3.84. The van der Waals surface area contributed by atoms with Gasteiger partial charge in [0.2, 0.25) is 0 Å². The molecule has 3 aromatic heterocycles. The van der Waals surface area contributed by atoms with Crippen LogP contribution in [-0.2, 0) is 45.1 Å². The third-order valence-corrected chi connectivity index (χ3v) is 7.22. The van der Waals surface area contributed by atoms with Gasteiger partial charge in [0.1, 0.15) is 5.82 Å². The summed E-state index contributed by atoms with van der Waals surface area (Å²) in [6.07, 6.45) is 4.11. The number of carbonyl (C=O) groups is 1. The quantitative estimate of drug-likeness (QED) is 0.296. The summed E-state index contributed by atoms with van der Waals surface area (Å²) in [6.45, 7) is 7.22. The Hall–Kier alpha value is -3.95. The lowest BCUT2D eigenvalue weighted by Gasteiger charge is -2.30. The van der Waals surface area contributed by atoms with Crippen LogP contribution in [0.3, 0.4) is 0 Å². The third kappa shape index (κ3) is 5.32. The molecule has 0 radical (unpaired) electrons. The van der Waals surface area contributed by atoms with Gasteiger partial charge in [-0.1, -0.05) is 13.8 Å². The number of imidazole rings is 1. The van der Waals surface area contributed by atoms with Crippen molar-refractivity contribution in [2.75, 3.05) is 6.54 Å². The van der Waals surface area contributed by atoms with Gasteiger partial charge in [-0.15, -0.1) is 0 Å². The molecule has 204 valence electrons. The molecule has 0 N–H and O–H groups in total. The number of benzene rings is 1. The van der Waals surface area contributed by atoms with Gasteiger partial charge in [-0.05, 0) is 66.3 Å². The molecule has 0 bridgehead atoms. The van der Waals surface area contributed by atoms with Gasteiger partial charge < -0.3 is 9.47 Å². The minimum atomic E-state index is -4.63. The van der Waals surface area contributed by atoms with E-state index >= 15 is 0 Å². The second-order valence-electron chi connectivity index (χ2n) is 9.72. The number of carbonyl (C=O) groups excluding carboxylic acids is 1. The maximum Gasteiger partial charge on any atom is 0.435 e. The molecule has 39 heavy (non-hydrogen) atoms. The van der Waals surface area contributed by atoms with E-state index in [2.05, 4.69) is 22.0 Å². The first kappa shape index (κ1) is 26.6. The van der Waals surface area contributed by atoms with E-state index < -0.39 is 11.9 Å². The molecule has 0 aliphatic carbocycles. The summed E-state index contributed by atoms with van der Waals surface area (Å²) in [5.74, 6) is 0.653. The van der Waals surface area contributed by atoms with Crippen molar-refractivity contribution in [3.63, 3.8) is 0 Å². The highest BCUT2D eigenvalue weighted by molar-refractivity contribution is 5.99. The Bertz CT molecular complexity index is 1500. The first-order valence-corrected chi connectivity index (χ1v) is 13.3. The van der Waals surface area contributed by atoms with Gasteiger partial charge in [0.15, 0.2) is 5.69 Å². The molecule has 1 aliphatic rings. The molecule has 5 rings (SSSR count). The normalized spacial score (nSPS) is 13.7. The van der Waals surface area contributed by atoms with E-state index in [-0.39, 0.29) is 11.5 Å². The number of halogens is 3. The number of fused-ring (bicyclic) bond motifs is 1. The molecule has 1 aromatic carbocycles. The number of hydrogen-bond acceptors (Lipinski definition) is 4. The average molecular weight is 537 g/mol. The molecule has 0 saturated heterocycles. The van der Waals surface area contributed by atoms with Crippen molar-refractivity contribution in [2.24, 2.45) is 0 Å². The summed E-state index contributed by atoms with van der Waals surface area (Å²) >= 11 is 0. The third-order valence-electron chi connectivity index (χ3n) is 7.22. The van der Waals surface area contributed by atoms with E-state index in [1.807, 2.05) is 35.9 Å². The summed E-state index contributed by atoms with van der Waals surface area (Å²) in [6, 6.07) is 7.54. The van der Waals surface area contributed by atoms with Crippen molar-refractivity contribution in [1.82, 2.24) is 29.2 Å². The Balaban J connectivity index is 1.61. The van der Waals surface area contributed by atoms with Gasteiger partial charge >= 0.3 is 6.18 Å². The van der Waals surface area contributed by atoms with Crippen LogP contribution in [0.25, 0.3) is 11.1 Å². The Morgan fingerprint density at radius 3 is 2.44 bits per heavy atom. The molecule has 0 spiro atoms. The van der Waals surface area contributed by atoms with Gasteiger partial charge in [0, 0.05) is 62.0 Å². The van der Waals surface area contributed by atoms with E-state index in [0.29, 0.717) is 55.7 Å². The van der Waals surface area contributed by atoms with Crippen LogP contribution in [0.1, 0.15) is 65.0 Å². The fourth-order valence-corrected chi connectivity index (χ4v) is 5.21. The Morgan fingerprint density at radius 1 is 0.923 bits per heavy atom. The van der Waals surface area contributed by atoms with Gasteiger partial charge in [-0.2, -0.15) is 18.3 Å². The summed E-state index contributed by atoms with van der Waals surface area (Å²) < 4.78 is 45.5. The second kappa shape index (κ2) is 10.7. The number of aromatic nitrogens is 5. The zero-order valence-electron chi connectivity index (χ0n) is 22.3.